The first-order chi connectivity index (χ1) is 12.0. The van der Waals surface area contributed by atoms with Crippen LogP contribution < -0.4 is 10.9 Å². The van der Waals surface area contributed by atoms with Gasteiger partial charge in [0.25, 0.3) is 5.56 Å². The van der Waals surface area contributed by atoms with Crippen LogP contribution in [-0.4, -0.2) is 15.7 Å². The molecule has 0 bridgehead atoms. The van der Waals surface area contributed by atoms with Crippen LogP contribution in [0.3, 0.4) is 0 Å². The Kier molecular flexibility index (Phi) is 4.61. The molecule has 1 aromatic heterocycles. The maximum absolute atomic E-state index is 13.0. The first kappa shape index (κ1) is 16.8. The molecule has 0 saturated carbocycles. The van der Waals surface area contributed by atoms with Gasteiger partial charge in [0.2, 0.25) is 5.91 Å². The maximum Gasteiger partial charge on any atom is 0.275 e. The lowest BCUT2D eigenvalue weighted by Gasteiger charge is -2.15. The largest absolute Gasteiger partial charge is 0.348 e. The fourth-order valence-corrected chi connectivity index (χ4v) is 2.77. The zero-order chi connectivity index (χ0) is 18.0. The Labute approximate surface area is 144 Å². The highest BCUT2D eigenvalue weighted by Gasteiger charge is 2.13. The van der Waals surface area contributed by atoms with Crippen molar-refractivity contribution in [1.82, 2.24) is 15.1 Å². The summed E-state index contributed by atoms with van der Waals surface area (Å²) in [6, 6.07) is 12.8. The van der Waals surface area contributed by atoms with Crippen LogP contribution in [-0.2, 0) is 11.3 Å². The normalized spacial score (nSPS) is 12.1. The number of carbonyl (C=O) groups is 1. The fraction of sp³-hybridized carbons (Fsp3) is 0.211. The Balaban J connectivity index is 1.79. The average molecular weight is 339 g/mol. The maximum atomic E-state index is 13.0. The molecular weight excluding hydrogens is 321 g/mol. The van der Waals surface area contributed by atoms with Gasteiger partial charge in [-0.15, -0.1) is 0 Å². The van der Waals surface area contributed by atoms with Gasteiger partial charge in [0.1, 0.15) is 12.4 Å². The Morgan fingerprint density at radius 3 is 2.48 bits per heavy atom. The van der Waals surface area contributed by atoms with Crippen molar-refractivity contribution in [3.05, 3.63) is 76.0 Å². The Morgan fingerprint density at radius 2 is 1.80 bits per heavy atom. The smallest absolute Gasteiger partial charge is 0.275 e. The molecule has 5 nitrogen and oxygen atoms in total. The van der Waals surface area contributed by atoms with Crippen molar-refractivity contribution >= 4 is 16.7 Å². The highest BCUT2D eigenvalue weighted by Crippen LogP contribution is 2.13. The second-order valence-corrected chi connectivity index (χ2v) is 5.93. The van der Waals surface area contributed by atoms with E-state index in [-0.39, 0.29) is 29.9 Å². The number of hydrogen-bond donors (Lipinski definition) is 1. The van der Waals surface area contributed by atoms with Gasteiger partial charge in [-0.2, -0.15) is 5.10 Å². The summed E-state index contributed by atoms with van der Waals surface area (Å²) in [5, 5.41) is 8.34. The van der Waals surface area contributed by atoms with E-state index >= 15 is 0 Å². The summed E-state index contributed by atoms with van der Waals surface area (Å²) in [7, 11) is 0. The summed E-state index contributed by atoms with van der Waals surface area (Å²) in [5.74, 6) is -0.661. The molecule has 3 aromatic rings. The summed E-state index contributed by atoms with van der Waals surface area (Å²) in [6.45, 7) is 3.43. The number of aryl methyl sites for hydroxylation is 1. The standard InChI is InChI=1S/C19H18FN3O2/c1-12(14-7-9-15(20)10-8-14)21-18(24)11-23-19(25)17-6-4-3-5-16(17)13(2)22-23/h3-10,12H,11H2,1-2H3,(H,21,24). The summed E-state index contributed by atoms with van der Waals surface area (Å²) in [4.78, 5) is 24.8. The molecule has 1 heterocycles. The summed E-state index contributed by atoms with van der Waals surface area (Å²) < 4.78 is 14.1. The highest BCUT2D eigenvalue weighted by molar-refractivity contribution is 5.83. The predicted octanol–water partition coefficient (Wildman–Crippen LogP) is 2.72. The molecule has 0 aliphatic carbocycles. The predicted molar refractivity (Wildman–Crippen MR) is 93.7 cm³/mol. The van der Waals surface area contributed by atoms with E-state index < -0.39 is 0 Å². The number of nitrogens with one attached hydrogen (secondary N) is 1. The topological polar surface area (TPSA) is 64.0 Å². The molecule has 6 heteroatoms. The molecule has 3 rings (SSSR count). The molecule has 1 unspecified atom stereocenters. The molecule has 0 radical (unpaired) electrons. The van der Waals surface area contributed by atoms with Crippen LogP contribution in [0.4, 0.5) is 4.39 Å². The summed E-state index contributed by atoms with van der Waals surface area (Å²) >= 11 is 0. The van der Waals surface area contributed by atoms with Gasteiger partial charge in [-0.3, -0.25) is 9.59 Å². The quantitative estimate of drug-likeness (QED) is 0.795. The van der Waals surface area contributed by atoms with Gasteiger partial charge in [-0.1, -0.05) is 30.3 Å². The number of nitrogens with zero attached hydrogens (tertiary/aromatic N) is 2. The molecule has 1 amide bonds. The molecule has 1 atom stereocenters. The van der Waals surface area contributed by atoms with Crippen LogP contribution >= 0.6 is 0 Å². The van der Waals surface area contributed by atoms with Crippen molar-refractivity contribution in [3.63, 3.8) is 0 Å². The molecule has 25 heavy (non-hydrogen) atoms. The van der Waals surface area contributed by atoms with Crippen LogP contribution in [0.15, 0.2) is 53.3 Å². The van der Waals surface area contributed by atoms with E-state index in [1.807, 2.05) is 12.1 Å². The lowest BCUT2D eigenvalue weighted by molar-refractivity contribution is -0.122. The second-order valence-electron chi connectivity index (χ2n) is 5.93. The zero-order valence-electron chi connectivity index (χ0n) is 14.0. The van der Waals surface area contributed by atoms with Crippen LogP contribution in [0.25, 0.3) is 10.8 Å². The first-order valence-electron chi connectivity index (χ1n) is 7.97. The van der Waals surface area contributed by atoms with Crippen molar-refractivity contribution in [2.24, 2.45) is 0 Å². The fourth-order valence-electron chi connectivity index (χ4n) is 2.77. The summed E-state index contributed by atoms with van der Waals surface area (Å²) in [6.07, 6.45) is 0. The van der Waals surface area contributed by atoms with E-state index in [4.69, 9.17) is 0 Å². The number of halogens is 1. The van der Waals surface area contributed by atoms with Crippen molar-refractivity contribution in [2.45, 2.75) is 26.4 Å². The Morgan fingerprint density at radius 1 is 1.16 bits per heavy atom. The van der Waals surface area contributed by atoms with Gasteiger partial charge in [-0.05, 0) is 37.6 Å². The SMILES string of the molecule is Cc1nn(CC(=O)NC(C)c2ccc(F)cc2)c(=O)c2ccccc12. The molecule has 1 N–H and O–H groups in total. The highest BCUT2D eigenvalue weighted by atomic mass is 19.1. The molecule has 0 aliphatic rings. The monoisotopic (exact) mass is 339 g/mol. The lowest BCUT2D eigenvalue weighted by Crippen LogP contribution is -2.35. The number of benzene rings is 2. The Bertz CT molecular complexity index is 980. The molecule has 128 valence electrons. The van der Waals surface area contributed by atoms with Crippen molar-refractivity contribution < 1.29 is 9.18 Å². The van der Waals surface area contributed by atoms with Gasteiger partial charge in [0, 0.05) is 5.39 Å². The molecule has 0 spiro atoms. The van der Waals surface area contributed by atoms with Crippen LogP contribution in [0, 0.1) is 12.7 Å². The van der Waals surface area contributed by atoms with Gasteiger partial charge in [-0.25, -0.2) is 9.07 Å². The average Bonchev–Trinajstić information content (AvgIpc) is 2.60. The van der Waals surface area contributed by atoms with Gasteiger partial charge < -0.3 is 5.32 Å². The minimum absolute atomic E-state index is 0.171. The number of amides is 1. The van der Waals surface area contributed by atoms with E-state index in [2.05, 4.69) is 10.4 Å². The molecule has 0 fully saturated rings. The van der Waals surface area contributed by atoms with E-state index in [0.29, 0.717) is 11.1 Å². The van der Waals surface area contributed by atoms with Crippen LogP contribution in [0.2, 0.25) is 0 Å². The first-order valence-corrected chi connectivity index (χ1v) is 7.97. The lowest BCUT2D eigenvalue weighted by atomic mass is 10.1. The minimum atomic E-state index is -0.332. The van der Waals surface area contributed by atoms with E-state index in [9.17, 15) is 14.0 Å². The van der Waals surface area contributed by atoms with Gasteiger partial charge in [0.15, 0.2) is 0 Å². The van der Waals surface area contributed by atoms with Crippen molar-refractivity contribution in [2.75, 3.05) is 0 Å². The second kappa shape index (κ2) is 6.84. The van der Waals surface area contributed by atoms with Gasteiger partial charge >= 0.3 is 0 Å². The van der Waals surface area contributed by atoms with Crippen LogP contribution in [0.5, 0.6) is 0 Å². The number of aromatic nitrogens is 2. The number of fused-ring (bicyclic) bond motifs is 1. The van der Waals surface area contributed by atoms with Gasteiger partial charge in [0.05, 0.1) is 17.1 Å². The van der Waals surface area contributed by atoms with E-state index in [1.54, 1.807) is 38.1 Å². The molecule has 0 aliphatic heterocycles. The third kappa shape index (κ3) is 3.57. The van der Waals surface area contributed by atoms with E-state index in [1.165, 1.54) is 16.8 Å². The van der Waals surface area contributed by atoms with E-state index in [0.717, 1.165) is 10.9 Å². The third-order valence-corrected chi connectivity index (χ3v) is 4.09. The number of carbonyl (C=O) groups excluding carboxylic acids is 1. The third-order valence-electron chi connectivity index (χ3n) is 4.09. The molecular formula is C19H18FN3O2. The zero-order valence-corrected chi connectivity index (χ0v) is 14.0. The van der Waals surface area contributed by atoms with Crippen molar-refractivity contribution in [1.29, 1.82) is 0 Å². The molecule has 2 aromatic carbocycles. The van der Waals surface area contributed by atoms with Crippen LogP contribution in [0.1, 0.15) is 24.2 Å². The minimum Gasteiger partial charge on any atom is -0.348 e. The number of rotatable bonds is 4. The number of hydrogen-bond acceptors (Lipinski definition) is 3. The molecule has 0 saturated heterocycles. The van der Waals surface area contributed by atoms with Crippen molar-refractivity contribution in [3.8, 4) is 0 Å². The Hall–Kier alpha value is -3.02. The summed E-state index contributed by atoms with van der Waals surface area (Å²) in [5.41, 5.74) is 1.17.